The number of amides is 3. The van der Waals surface area contributed by atoms with Gasteiger partial charge in [0.25, 0.3) is 5.91 Å². The second-order valence-corrected chi connectivity index (χ2v) is 11.0. The molecule has 0 atom stereocenters. The molecular formula is C25H30N4O4S. The predicted molar refractivity (Wildman–Crippen MR) is 132 cm³/mol. The normalized spacial score (nSPS) is 14.3. The number of aryl methyl sites for hydroxylation is 1. The van der Waals surface area contributed by atoms with E-state index in [-0.39, 0.29) is 18.2 Å². The number of urea groups is 1. The number of nitrogens with one attached hydrogen (secondary N) is 2. The first-order chi connectivity index (χ1) is 16.2. The number of carbonyl (C=O) groups excluding carboxylic acids is 2. The van der Waals surface area contributed by atoms with Crippen LogP contribution in [0.25, 0.3) is 0 Å². The number of carbonyl (C=O) groups is 2. The monoisotopic (exact) mass is 482 g/mol. The van der Waals surface area contributed by atoms with E-state index in [4.69, 9.17) is 5.26 Å². The van der Waals surface area contributed by atoms with Gasteiger partial charge in [-0.15, -0.1) is 0 Å². The van der Waals surface area contributed by atoms with E-state index < -0.39 is 15.9 Å². The number of nitrogens with zero attached hydrogens (tertiary/aromatic N) is 2. The van der Waals surface area contributed by atoms with Crippen LogP contribution in [-0.4, -0.2) is 56.9 Å². The summed E-state index contributed by atoms with van der Waals surface area (Å²) in [6.45, 7) is 3.36. The first-order valence-corrected chi connectivity index (χ1v) is 13.3. The molecule has 2 aromatic rings. The van der Waals surface area contributed by atoms with Gasteiger partial charge in [-0.2, -0.15) is 5.26 Å². The molecule has 1 heterocycles. The van der Waals surface area contributed by atoms with Gasteiger partial charge < -0.3 is 15.5 Å². The third kappa shape index (κ3) is 7.06. The zero-order valence-corrected chi connectivity index (χ0v) is 20.3. The van der Waals surface area contributed by atoms with Gasteiger partial charge in [0.2, 0.25) is 0 Å². The first-order valence-electron chi connectivity index (χ1n) is 11.3. The summed E-state index contributed by atoms with van der Waals surface area (Å²) in [5.74, 6) is 0.298. The maximum atomic E-state index is 13.1. The van der Waals surface area contributed by atoms with Crippen LogP contribution in [0.2, 0.25) is 0 Å². The molecule has 3 rings (SSSR count). The fraction of sp³-hybridized carbons (Fsp3) is 0.400. The van der Waals surface area contributed by atoms with Crippen LogP contribution in [0.1, 0.15) is 52.2 Å². The summed E-state index contributed by atoms with van der Waals surface area (Å²) in [6, 6.07) is 14.6. The highest BCUT2D eigenvalue weighted by Crippen LogP contribution is 2.29. The van der Waals surface area contributed by atoms with E-state index in [2.05, 4.69) is 16.7 Å². The molecule has 0 bridgehead atoms. The lowest BCUT2D eigenvalue weighted by molar-refractivity contribution is 0.0713. The van der Waals surface area contributed by atoms with Crippen molar-refractivity contribution in [3.8, 4) is 6.07 Å². The molecular weight excluding hydrogens is 452 g/mol. The Morgan fingerprint density at radius 1 is 1.12 bits per heavy atom. The molecule has 0 saturated carbocycles. The number of rotatable bonds is 7. The molecule has 1 saturated heterocycles. The van der Waals surface area contributed by atoms with E-state index in [9.17, 15) is 18.0 Å². The Hall–Kier alpha value is -3.38. The van der Waals surface area contributed by atoms with Crippen LogP contribution in [0.5, 0.6) is 0 Å². The van der Waals surface area contributed by atoms with E-state index >= 15 is 0 Å². The number of sulfone groups is 1. The number of hydrogen-bond donors (Lipinski definition) is 2. The quantitative estimate of drug-likeness (QED) is 0.586. The molecule has 34 heavy (non-hydrogen) atoms. The maximum Gasteiger partial charge on any atom is 0.319 e. The molecule has 0 radical (unpaired) electrons. The molecule has 0 aromatic heterocycles. The molecule has 2 aromatic carbocycles. The maximum absolute atomic E-state index is 13.1. The van der Waals surface area contributed by atoms with Crippen LogP contribution in [0.4, 0.5) is 10.5 Å². The van der Waals surface area contributed by atoms with Crippen LogP contribution in [0, 0.1) is 18.3 Å². The number of anilines is 1. The molecule has 0 unspecified atom stereocenters. The number of nitriles is 1. The van der Waals surface area contributed by atoms with Gasteiger partial charge in [0.05, 0.1) is 17.4 Å². The van der Waals surface area contributed by atoms with Gasteiger partial charge in [-0.05, 0) is 67.5 Å². The molecule has 1 aliphatic rings. The summed E-state index contributed by atoms with van der Waals surface area (Å²) in [4.78, 5) is 27.1. The molecule has 1 aliphatic heterocycles. The number of benzene rings is 2. The van der Waals surface area contributed by atoms with Crippen LogP contribution < -0.4 is 10.6 Å². The van der Waals surface area contributed by atoms with Crippen molar-refractivity contribution in [2.24, 2.45) is 0 Å². The Morgan fingerprint density at radius 3 is 2.41 bits per heavy atom. The molecule has 0 spiro atoms. The second-order valence-electron chi connectivity index (χ2n) is 8.69. The van der Waals surface area contributed by atoms with E-state index in [1.807, 2.05) is 36.1 Å². The van der Waals surface area contributed by atoms with Crippen LogP contribution in [0.3, 0.4) is 0 Å². The largest absolute Gasteiger partial charge is 0.339 e. The van der Waals surface area contributed by atoms with Gasteiger partial charge >= 0.3 is 6.03 Å². The Labute approximate surface area is 200 Å². The summed E-state index contributed by atoms with van der Waals surface area (Å²) in [5.41, 5.74) is 3.70. The van der Waals surface area contributed by atoms with Crippen molar-refractivity contribution in [2.75, 3.05) is 37.0 Å². The summed E-state index contributed by atoms with van der Waals surface area (Å²) >= 11 is 0. The number of hydrogen-bond acceptors (Lipinski definition) is 5. The van der Waals surface area contributed by atoms with Gasteiger partial charge in [-0.1, -0.05) is 18.2 Å². The lowest BCUT2D eigenvalue weighted by Gasteiger charge is -2.32. The molecule has 1 fully saturated rings. The molecule has 3 amide bonds. The smallest absolute Gasteiger partial charge is 0.319 e. The van der Waals surface area contributed by atoms with Crippen molar-refractivity contribution in [1.82, 2.24) is 10.2 Å². The van der Waals surface area contributed by atoms with Crippen LogP contribution in [0.15, 0.2) is 42.5 Å². The Bertz CT molecular complexity index is 1180. The van der Waals surface area contributed by atoms with Gasteiger partial charge in [-0.25, -0.2) is 13.2 Å². The molecule has 2 N–H and O–H groups in total. The van der Waals surface area contributed by atoms with Gasteiger partial charge in [-0.3, -0.25) is 4.79 Å². The minimum Gasteiger partial charge on any atom is -0.339 e. The summed E-state index contributed by atoms with van der Waals surface area (Å²) in [6.07, 6.45) is 3.20. The van der Waals surface area contributed by atoms with Crippen molar-refractivity contribution in [2.45, 2.75) is 32.1 Å². The van der Waals surface area contributed by atoms with Gasteiger partial charge in [0.1, 0.15) is 9.84 Å². The highest BCUT2D eigenvalue weighted by atomic mass is 32.2. The SMILES string of the molecule is Cc1ccc(C(=O)N2CCC(c3ccc(C#N)cc3)CC2)cc1NC(=O)NCCCS(C)(=O)=O. The summed E-state index contributed by atoms with van der Waals surface area (Å²) in [5, 5.41) is 14.4. The average Bonchev–Trinajstić information content (AvgIpc) is 2.82. The third-order valence-corrected chi connectivity index (χ3v) is 7.03. The molecule has 180 valence electrons. The summed E-state index contributed by atoms with van der Waals surface area (Å²) < 4.78 is 22.4. The lowest BCUT2D eigenvalue weighted by atomic mass is 9.89. The highest BCUT2D eigenvalue weighted by molar-refractivity contribution is 7.90. The zero-order chi connectivity index (χ0) is 24.7. The lowest BCUT2D eigenvalue weighted by Crippen LogP contribution is -2.38. The number of likely N-dealkylation sites (tertiary alicyclic amines) is 1. The average molecular weight is 483 g/mol. The summed E-state index contributed by atoms with van der Waals surface area (Å²) in [7, 11) is -3.06. The molecule has 9 heteroatoms. The van der Waals surface area contributed by atoms with E-state index in [1.165, 1.54) is 5.56 Å². The van der Waals surface area contributed by atoms with Crippen LogP contribution >= 0.6 is 0 Å². The Balaban J connectivity index is 1.55. The highest BCUT2D eigenvalue weighted by Gasteiger charge is 2.25. The fourth-order valence-corrected chi connectivity index (χ4v) is 4.69. The standard InChI is InChI=1S/C25H30N4O4S/c1-18-4-7-22(16-23(18)28-25(31)27-12-3-15-34(2,32)33)24(30)29-13-10-21(11-14-29)20-8-5-19(17-26)6-9-20/h4-9,16,21H,3,10-15H2,1-2H3,(H2,27,28,31). The van der Waals surface area contributed by atoms with Crippen molar-refractivity contribution in [3.05, 3.63) is 64.7 Å². The molecule has 0 aliphatic carbocycles. The second kappa shape index (κ2) is 11.2. The van der Waals surface area contributed by atoms with Gasteiger partial charge in [0.15, 0.2) is 0 Å². The first kappa shape index (κ1) is 25.2. The Kier molecular flexibility index (Phi) is 8.29. The third-order valence-electron chi connectivity index (χ3n) is 6.00. The zero-order valence-electron chi connectivity index (χ0n) is 19.5. The minimum absolute atomic E-state index is 0.0121. The van der Waals surface area contributed by atoms with E-state index in [0.717, 1.165) is 24.7 Å². The van der Waals surface area contributed by atoms with Crippen molar-refractivity contribution < 1.29 is 18.0 Å². The minimum atomic E-state index is -3.06. The van der Waals surface area contributed by atoms with Crippen LogP contribution in [-0.2, 0) is 9.84 Å². The Morgan fingerprint density at radius 2 is 1.79 bits per heavy atom. The predicted octanol–water partition coefficient (Wildman–Crippen LogP) is 3.44. The van der Waals surface area contributed by atoms with Crippen molar-refractivity contribution >= 4 is 27.5 Å². The van der Waals surface area contributed by atoms with Crippen molar-refractivity contribution in [3.63, 3.8) is 0 Å². The van der Waals surface area contributed by atoms with Gasteiger partial charge in [0, 0.05) is 37.1 Å². The fourth-order valence-electron chi connectivity index (χ4n) is 4.02. The number of piperidine rings is 1. The van der Waals surface area contributed by atoms with E-state index in [1.54, 1.807) is 18.2 Å². The van der Waals surface area contributed by atoms with Crippen molar-refractivity contribution in [1.29, 1.82) is 5.26 Å². The molecule has 8 nitrogen and oxygen atoms in total. The topological polar surface area (TPSA) is 119 Å². The van der Waals surface area contributed by atoms with E-state index in [0.29, 0.717) is 42.2 Å².